The van der Waals surface area contributed by atoms with Crippen LogP contribution in [0.2, 0.25) is 0 Å². The standard InChI is InChI=1S/C23H29N3O5S/c27-21-22(28)26(23(29)25(21)13-11-18-7-3-1-4-8-18)17-24(15-19-9-5-2-6-10-19)20-12-14-32(30,31)16-20/h2,5-7,9-10,20H,1,3-4,8,11-17H2/t20-/m1/s1. The molecule has 9 heteroatoms. The number of hydrogen-bond acceptors (Lipinski definition) is 6. The van der Waals surface area contributed by atoms with Crippen LogP contribution >= 0.6 is 0 Å². The molecule has 1 aliphatic carbocycles. The van der Waals surface area contributed by atoms with Crippen molar-refractivity contribution in [2.24, 2.45) is 0 Å². The number of benzene rings is 1. The number of carbonyl (C=O) groups excluding carboxylic acids is 3. The summed E-state index contributed by atoms with van der Waals surface area (Å²) in [7, 11) is -3.15. The van der Waals surface area contributed by atoms with E-state index in [9.17, 15) is 22.8 Å². The van der Waals surface area contributed by atoms with Gasteiger partial charge in [-0.3, -0.25) is 19.4 Å². The molecule has 2 fully saturated rings. The Hall–Kier alpha value is -2.52. The van der Waals surface area contributed by atoms with Gasteiger partial charge in [0.05, 0.1) is 18.2 Å². The van der Waals surface area contributed by atoms with Gasteiger partial charge in [-0.15, -0.1) is 0 Å². The molecule has 0 N–H and O–H groups in total. The highest BCUT2D eigenvalue weighted by Crippen LogP contribution is 2.24. The lowest BCUT2D eigenvalue weighted by Crippen LogP contribution is -2.46. The van der Waals surface area contributed by atoms with Crippen molar-refractivity contribution in [2.75, 3.05) is 24.7 Å². The summed E-state index contributed by atoms with van der Waals surface area (Å²) in [6, 6.07) is 8.57. The molecule has 0 bridgehead atoms. The summed E-state index contributed by atoms with van der Waals surface area (Å²) in [5.74, 6) is -1.57. The first-order chi connectivity index (χ1) is 15.3. The van der Waals surface area contributed by atoms with Gasteiger partial charge in [-0.05, 0) is 44.1 Å². The van der Waals surface area contributed by atoms with Crippen LogP contribution in [0.4, 0.5) is 4.79 Å². The molecular formula is C23H29N3O5S. The minimum atomic E-state index is -3.15. The van der Waals surface area contributed by atoms with E-state index in [2.05, 4.69) is 6.08 Å². The van der Waals surface area contributed by atoms with Crippen molar-refractivity contribution in [3.05, 3.63) is 47.5 Å². The average molecular weight is 460 g/mol. The second-order valence-corrected chi connectivity index (χ2v) is 11.0. The van der Waals surface area contributed by atoms with Crippen LogP contribution in [0, 0.1) is 0 Å². The van der Waals surface area contributed by atoms with Gasteiger partial charge >= 0.3 is 17.8 Å². The fraction of sp³-hybridized carbons (Fsp3) is 0.522. The van der Waals surface area contributed by atoms with Crippen LogP contribution in [0.25, 0.3) is 0 Å². The van der Waals surface area contributed by atoms with Gasteiger partial charge in [-0.1, -0.05) is 42.0 Å². The van der Waals surface area contributed by atoms with Crippen molar-refractivity contribution in [3.63, 3.8) is 0 Å². The highest BCUT2D eigenvalue weighted by molar-refractivity contribution is 7.91. The summed E-state index contributed by atoms with van der Waals surface area (Å²) in [6.45, 7) is 0.485. The molecule has 4 amide bonds. The molecule has 0 radical (unpaired) electrons. The molecule has 2 heterocycles. The Labute approximate surface area is 188 Å². The summed E-state index contributed by atoms with van der Waals surface area (Å²) in [6.07, 6.45) is 7.44. The van der Waals surface area contributed by atoms with E-state index in [1.807, 2.05) is 35.2 Å². The quantitative estimate of drug-likeness (QED) is 0.336. The fourth-order valence-electron chi connectivity index (χ4n) is 4.62. The average Bonchev–Trinajstić information content (AvgIpc) is 3.25. The monoisotopic (exact) mass is 459 g/mol. The van der Waals surface area contributed by atoms with Gasteiger partial charge in [0.1, 0.15) is 0 Å². The van der Waals surface area contributed by atoms with Gasteiger partial charge in [0.25, 0.3) is 0 Å². The summed E-state index contributed by atoms with van der Waals surface area (Å²) in [5, 5.41) is 0. The molecule has 3 aliphatic rings. The second kappa shape index (κ2) is 9.54. The predicted molar refractivity (Wildman–Crippen MR) is 119 cm³/mol. The third kappa shape index (κ3) is 5.10. The molecule has 8 nitrogen and oxygen atoms in total. The Morgan fingerprint density at radius 3 is 2.41 bits per heavy atom. The molecule has 4 rings (SSSR count). The molecule has 0 saturated carbocycles. The largest absolute Gasteiger partial charge is 0.335 e. The first-order valence-electron chi connectivity index (χ1n) is 11.2. The van der Waals surface area contributed by atoms with E-state index in [1.54, 1.807) is 0 Å². The van der Waals surface area contributed by atoms with Crippen LogP contribution in [-0.2, 0) is 26.0 Å². The lowest BCUT2D eigenvalue weighted by molar-refractivity contribution is -0.144. The first kappa shape index (κ1) is 22.7. The number of nitrogens with zero attached hydrogens (tertiary/aromatic N) is 3. The molecule has 0 aromatic heterocycles. The van der Waals surface area contributed by atoms with Crippen LogP contribution in [0.1, 0.15) is 44.1 Å². The number of sulfone groups is 1. The zero-order chi connectivity index (χ0) is 22.7. The summed E-state index contributed by atoms with van der Waals surface area (Å²) in [5.41, 5.74) is 2.17. The fourth-order valence-corrected chi connectivity index (χ4v) is 6.38. The maximum Gasteiger partial charge on any atom is 0.335 e. The molecular weight excluding hydrogens is 430 g/mol. The maximum atomic E-state index is 13.0. The van der Waals surface area contributed by atoms with E-state index in [0.29, 0.717) is 19.4 Å². The third-order valence-corrected chi connectivity index (χ3v) is 8.20. The predicted octanol–water partition coefficient (Wildman–Crippen LogP) is 2.31. The minimum Gasteiger partial charge on any atom is -0.277 e. The van der Waals surface area contributed by atoms with Gasteiger partial charge in [0, 0.05) is 19.1 Å². The van der Waals surface area contributed by atoms with E-state index in [4.69, 9.17) is 0 Å². The molecule has 1 aromatic carbocycles. The number of rotatable bonds is 8. The van der Waals surface area contributed by atoms with Crippen molar-refractivity contribution < 1.29 is 22.8 Å². The molecule has 0 spiro atoms. The van der Waals surface area contributed by atoms with Crippen molar-refractivity contribution in [2.45, 2.75) is 51.1 Å². The molecule has 1 aromatic rings. The summed E-state index contributed by atoms with van der Waals surface area (Å²) < 4.78 is 24.1. The van der Waals surface area contributed by atoms with Crippen molar-refractivity contribution in [1.29, 1.82) is 0 Å². The van der Waals surface area contributed by atoms with E-state index >= 15 is 0 Å². The molecule has 32 heavy (non-hydrogen) atoms. The highest BCUT2D eigenvalue weighted by Gasteiger charge is 2.46. The van der Waals surface area contributed by atoms with E-state index < -0.39 is 27.7 Å². The SMILES string of the molecule is O=C1C(=O)N(CN(Cc2ccccc2)[C@@H]2CCS(=O)(=O)C2)C(=O)N1CCC1=CCCCC1. The highest BCUT2D eigenvalue weighted by atomic mass is 32.2. The maximum absolute atomic E-state index is 13.0. The van der Waals surface area contributed by atoms with E-state index in [1.165, 1.54) is 5.57 Å². The number of allylic oxidation sites excluding steroid dienone is 1. The summed E-state index contributed by atoms with van der Waals surface area (Å²) >= 11 is 0. The van der Waals surface area contributed by atoms with Crippen molar-refractivity contribution >= 4 is 27.7 Å². The van der Waals surface area contributed by atoms with Crippen molar-refractivity contribution in [1.82, 2.24) is 14.7 Å². The Morgan fingerprint density at radius 1 is 1.00 bits per heavy atom. The zero-order valence-corrected chi connectivity index (χ0v) is 18.9. The lowest BCUT2D eigenvalue weighted by atomic mass is 9.97. The number of imide groups is 2. The molecule has 1 atom stereocenters. The van der Waals surface area contributed by atoms with Crippen LogP contribution in [-0.4, -0.2) is 71.7 Å². The van der Waals surface area contributed by atoms with Gasteiger partial charge in [-0.25, -0.2) is 18.1 Å². The molecule has 2 aliphatic heterocycles. The van der Waals surface area contributed by atoms with Crippen molar-refractivity contribution in [3.8, 4) is 0 Å². The Bertz CT molecular complexity index is 1020. The van der Waals surface area contributed by atoms with Gasteiger partial charge in [0.2, 0.25) is 0 Å². The van der Waals surface area contributed by atoms with E-state index in [-0.39, 0.29) is 30.8 Å². The Morgan fingerprint density at radius 2 is 1.75 bits per heavy atom. The second-order valence-electron chi connectivity index (χ2n) is 8.76. The van der Waals surface area contributed by atoms with Crippen LogP contribution in [0.5, 0.6) is 0 Å². The smallest absolute Gasteiger partial charge is 0.277 e. The summed E-state index contributed by atoms with van der Waals surface area (Å²) in [4.78, 5) is 42.0. The number of carbonyl (C=O) groups is 3. The van der Waals surface area contributed by atoms with Crippen LogP contribution < -0.4 is 0 Å². The zero-order valence-electron chi connectivity index (χ0n) is 18.1. The molecule has 2 saturated heterocycles. The first-order valence-corrected chi connectivity index (χ1v) is 13.0. The lowest BCUT2D eigenvalue weighted by Gasteiger charge is -2.31. The van der Waals surface area contributed by atoms with Gasteiger partial charge in [-0.2, -0.15) is 0 Å². The van der Waals surface area contributed by atoms with Crippen LogP contribution in [0.15, 0.2) is 42.0 Å². The minimum absolute atomic E-state index is 0.0120. The normalized spacial score (nSPS) is 23.3. The van der Waals surface area contributed by atoms with Crippen LogP contribution in [0.3, 0.4) is 0 Å². The molecule has 0 unspecified atom stereocenters. The molecule has 172 valence electrons. The van der Waals surface area contributed by atoms with Gasteiger partial charge < -0.3 is 0 Å². The third-order valence-electron chi connectivity index (χ3n) is 6.45. The Balaban J connectivity index is 1.48. The Kier molecular flexibility index (Phi) is 6.76. The number of amides is 4. The van der Waals surface area contributed by atoms with Gasteiger partial charge in [0.15, 0.2) is 9.84 Å². The number of hydrogen-bond donors (Lipinski definition) is 0. The number of urea groups is 1. The van der Waals surface area contributed by atoms with E-state index in [0.717, 1.165) is 41.0 Å². The topological polar surface area (TPSA) is 95.1 Å².